The normalized spacial score (nSPS) is 23.2. The molecule has 3 heterocycles. The Morgan fingerprint density at radius 1 is 1.25 bits per heavy atom. The van der Waals surface area contributed by atoms with Gasteiger partial charge in [-0.15, -0.1) is 11.3 Å². The van der Waals surface area contributed by atoms with Crippen molar-refractivity contribution in [3.05, 3.63) is 41.4 Å². The number of nitrogens with zero attached hydrogens (tertiary/aromatic N) is 3. The molecule has 150 valence electrons. The SMILES string of the molecule is CN=C(NCCc1csc(-c2ccccc2)n1)N1CCOC(C2CCCO2)C1. The number of rotatable bonds is 5. The molecule has 0 radical (unpaired) electrons. The second-order valence-corrected chi connectivity index (χ2v) is 8.00. The van der Waals surface area contributed by atoms with E-state index in [9.17, 15) is 0 Å². The maximum absolute atomic E-state index is 5.95. The van der Waals surface area contributed by atoms with Crippen molar-refractivity contribution in [2.24, 2.45) is 4.99 Å². The molecule has 0 spiro atoms. The standard InChI is InChI=1S/C21H28N4O2S/c1-22-21(25-11-13-27-19(14-25)18-8-5-12-26-18)23-10-9-17-15-28-20(24-17)16-6-3-2-4-7-16/h2-4,6-7,15,18-19H,5,8-14H2,1H3,(H,22,23). The predicted molar refractivity (Wildman–Crippen MR) is 113 cm³/mol. The van der Waals surface area contributed by atoms with E-state index in [-0.39, 0.29) is 12.2 Å². The van der Waals surface area contributed by atoms with Crippen LogP contribution >= 0.6 is 11.3 Å². The van der Waals surface area contributed by atoms with Crippen LogP contribution in [0.5, 0.6) is 0 Å². The van der Waals surface area contributed by atoms with E-state index in [1.54, 1.807) is 11.3 Å². The van der Waals surface area contributed by atoms with Gasteiger partial charge < -0.3 is 19.7 Å². The smallest absolute Gasteiger partial charge is 0.193 e. The molecule has 0 bridgehead atoms. The number of hydrogen-bond donors (Lipinski definition) is 1. The van der Waals surface area contributed by atoms with Gasteiger partial charge in [0.25, 0.3) is 0 Å². The molecule has 2 atom stereocenters. The van der Waals surface area contributed by atoms with Crippen molar-refractivity contribution in [3.63, 3.8) is 0 Å². The fraction of sp³-hybridized carbons (Fsp3) is 0.524. The molecule has 4 rings (SSSR count). The van der Waals surface area contributed by atoms with E-state index in [1.807, 2.05) is 25.2 Å². The molecule has 1 aromatic heterocycles. The van der Waals surface area contributed by atoms with Crippen LogP contribution in [0.25, 0.3) is 10.6 Å². The summed E-state index contributed by atoms with van der Waals surface area (Å²) in [7, 11) is 1.84. The Balaban J connectivity index is 1.28. The summed E-state index contributed by atoms with van der Waals surface area (Å²) in [5.41, 5.74) is 2.29. The van der Waals surface area contributed by atoms with E-state index < -0.39 is 0 Å². The summed E-state index contributed by atoms with van der Waals surface area (Å²) in [6, 6.07) is 10.3. The first kappa shape index (κ1) is 19.4. The van der Waals surface area contributed by atoms with E-state index in [1.165, 1.54) is 5.56 Å². The molecule has 1 aromatic carbocycles. The van der Waals surface area contributed by atoms with Crippen molar-refractivity contribution in [3.8, 4) is 10.6 Å². The molecule has 6 nitrogen and oxygen atoms in total. The molecule has 1 N–H and O–H groups in total. The van der Waals surface area contributed by atoms with Gasteiger partial charge >= 0.3 is 0 Å². The van der Waals surface area contributed by atoms with Crippen LogP contribution in [0.2, 0.25) is 0 Å². The third kappa shape index (κ3) is 4.71. The number of aromatic nitrogens is 1. The number of hydrogen-bond acceptors (Lipinski definition) is 5. The minimum absolute atomic E-state index is 0.141. The highest BCUT2D eigenvalue weighted by molar-refractivity contribution is 7.13. The minimum Gasteiger partial charge on any atom is -0.375 e. The Bertz CT molecular complexity index is 774. The van der Waals surface area contributed by atoms with Gasteiger partial charge in [-0.2, -0.15) is 0 Å². The van der Waals surface area contributed by atoms with Gasteiger partial charge in [0.05, 0.1) is 18.4 Å². The lowest BCUT2D eigenvalue weighted by Gasteiger charge is -2.37. The Morgan fingerprint density at radius 2 is 2.11 bits per heavy atom. The number of ether oxygens (including phenoxy) is 2. The number of aliphatic imine (C=N–C) groups is 1. The van der Waals surface area contributed by atoms with Gasteiger partial charge in [-0.05, 0) is 12.8 Å². The highest BCUT2D eigenvalue weighted by Gasteiger charge is 2.32. The van der Waals surface area contributed by atoms with Crippen LogP contribution in [0.15, 0.2) is 40.7 Å². The molecule has 2 aliphatic rings. The fourth-order valence-corrected chi connectivity index (χ4v) is 4.62. The van der Waals surface area contributed by atoms with Gasteiger partial charge in [-0.1, -0.05) is 30.3 Å². The van der Waals surface area contributed by atoms with Gasteiger partial charge in [0.1, 0.15) is 11.1 Å². The van der Waals surface area contributed by atoms with Crippen LogP contribution in [0.3, 0.4) is 0 Å². The summed E-state index contributed by atoms with van der Waals surface area (Å²) in [5, 5.41) is 6.72. The number of thiazole rings is 1. The average molecular weight is 401 g/mol. The first-order valence-corrected chi connectivity index (χ1v) is 10.9. The van der Waals surface area contributed by atoms with Crippen molar-refractivity contribution < 1.29 is 9.47 Å². The third-order valence-corrected chi connectivity index (χ3v) is 6.16. The molecule has 2 unspecified atom stereocenters. The zero-order valence-electron chi connectivity index (χ0n) is 16.3. The molecular formula is C21H28N4O2S. The molecule has 2 aromatic rings. The van der Waals surface area contributed by atoms with E-state index in [4.69, 9.17) is 14.5 Å². The van der Waals surface area contributed by atoms with Crippen molar-refractivity contribution >= 4 is 17.3 Å². The second kappa shape index (κ2) is 9.49. The number of benzene rings is 1. The van der Waals surface area contributed by atoms with Crippen molar-refractivity contribution in [1.82, 2.24) is 15.2 Å². The predicted octanol–water partition coefficient (Wildman–Crippen LogP) is 2.81. The highest BCUT2D eigenvalue weighted by Crippen LogP contribution is 2.23. The molecule has 7 heteroatoms. The van der Waals surface area contributed by atoms with Gasteiger partial charge in [0.2, 0.25) is 0 Å². The number of guanidine groups is 1. The number of morpholine rings is 1. The summed E-state index contributed by atoms with van der Waals surface area (Å²) in [5.74, 6) is 0.935. The summed E-state index contributed by atoms with van der Waals surface area (Å²) in [6.45, 7) is 4.08. The van der Waals surface area contributed by atoms with E-state index in [0.717, 1.165) is 68.8 Å². The molecule has 0 aliphatic carbocycles. The van der Waals surface area contributed by atoms with Crippen LogP contribution in [0.1, 0.15) is 18.5 Å². The summed E-state index contributed by atoms with van der Waals surface area (Å²) < 4.78 is 11.8. The quantitative estimate of drug-likeness (QED) is 0.618. The molecule has 2 aliphatic heterocycles. The van der Waals surface area contributed by atoms with Gasteiger partial charge in [-0.25, -0.2) is 4.98 Å². The molecule has 0 saturated carbocycles. The third-order valence-electron chi connectivity index (χ3n) is 5.22. The molecular weight excluding hydrogens is 372 g/mol. The van der Waals surface area contributed by atoms with E-state index in [0.29, 0.717) is 0 Å². The Labute approximate surface area is 170 Å². The van der Waals surface area contributed by atoms with Gasteiger partial charge in [0.15, 0.2) is 5.96 Å². The van der Waals surface area contributed by atoms with Gasteiger partial charge in [0, 0.05) is 50.7 Å². The Morgan fingerprint density at radius 3 is 2.89 bits per heavy atom. The van der Waals surface area contributed by atoms with Crippen LogP contribution < -0.4 is 5.32 Å². The van der Waals surface area contributed by atoms with Crippen LogP contribution in [0.4, 0.5) is 0 Å². The zero-order chi connectivity index (χ0) is 19.2. The van der Waals surface area contributed by atoms with Crippen LogP contribution in [0, 0.1) is 0 Å². The minimum atomic E-state index is 0.141. The zero-order valence-corrected chi connectivity index (χ0v) is 17.2. The van der Waals surface area contributed by atoms with Crippen molar-refractivity contribution in [1.29, 1.82) is 0 Å². The molecule has 0 amide bonds. The summed E-state index contributed by atoms with van der Waals surface area (Å²) in [4.78, 5) is 11.5. The monoisotopic (exact) mass is 400 g/mol. The van der Waals surface area contributed by atoms with Crippen molar-refractivity contribution in [2.45, 2.75) is 31.5 Å². The van der Waals surface area contributed by atoms with Gasteiger partial charge in [-0.3, -0.25) is 4.99 Å². The maximum Gasteiger partial charge on any atom is 0.193 e. The second-order valence-electron chi connectivity index (χ2n) is 7.14. The lowest BCUT2D eigenvalue weighted by atomic mass is 10.1. The number of nitrogens with one attached hydrogen (secondary N) is 1. The molecule has 28 heavy (non-hydrogen) atoms. The lowest BCUT2D eigenvalue weighted by Crippen LogP contribution is -2.53. The lowest BCUT2D eigenvalue weighted by molar-refractivity contribution is -0.0816. The summed E-state index contributed by atoms with van der Waals surface area (Å²) >= 11 is 1.70. The first-order chi connectivity index (χ1) is 13.8. The Kier molecular flexibility index (Phi) is 6.57. The van der Waals surface area contributed by atoms with Crippen LogP contribution in [-0.4, -0.2) is 67.9 Å². The average Bonchev–Trinajstić information content (AvgIpc) is 3.44. The fourth-order valence-electron chi connectivity index (χ4n) is 3.76. The van der Waals surface area contributed by atoms with E-state index in [2.05, 4.69) is 32.7 Å². The molecule has 2 fully saturated rings. The topological polar surface area (TPSA) is 59.0 Å². The van der Waals surface area contributed by atoms with E-state index >= 15 is 0 Å². The first-order valence-electron chi connectivity index (χ1n) is 10.0. The molecule has 2 saturated heterocycles. The summed E-state index contributed by atoms with van der Waals surface area (Å²) in [6.07, 6.45) is 3.48. The van der Waals surface area contributed by atoms with Crippen molar-refractivity contribution in [2.75, 3.05) is 39.9 Å². The highest BCUT2D eigenvalue weighted by atomic mass is 32.1. The van der Waals surface area contributed by atoms with Crippen LogP contribution in [-0.2, 0) is 15.9 Å². The maximum atomic E-state index is 5.95. The Hall–Kier alpha value is -1.96. The largest absolute Gasteiger partial charge is 0.375 e.